The zero-order valence-corrected chi connectivity index (χ0v) is 12.5. The van der Waals surface area contributed by atoms with Gasteiger partial charge in [0, 0.05) is 27.8 Å². The van der Waals surface area contributed by atoms with Crippen LogP contribution < -0.4 is 5.73 Å². The first-order valence-corrected chi connectivity index (χ1v) is 7.88. The second-order valence-corrected chi connectivity index (χ2v) is 6.35. The van der Waals surface area contributed by atoms with Crippen LogP contribution in [0.3, 0.4) is 0 Å². The van der Waals surface area contributed by atoms with E-state index in [1.54, 1.807) is 12.1 Å². The van der Waals surface area contributed by atoms with Crippen molar-refractivity contribution < 1.29 is 13.9 Å². The molecule has 1 heterocycles. The van der Waals surface area contributed by atoms with Crippen molar-refractivity contribution >= 4 is 21.8 Å². The molecule has 1 fully saturated rings. The second kappa shape index (κ2) is 5.28. The smallest absolute Gasteiger partial charge is 0.123 e. The Kier molecular flexibility index (Phi) is 3.36. The van der Waals surface area contributed by atoms with Crippen LogP contribution in [-0.2, 0) is 0 Å². The van der Waals surface area contributed by atoms with Gasteiger partial charge in [-0.2, -0.15) is 0 Å². The van der Waals surface area contributed by atoms with Crippen molar-refractivity contribution in [3.63, 3.8) is 0 Å². The van der Waals surface area contributed by atoms with Crippen molar-refractivity contribution in [3.8, 4) is 0 Å². The van der Waals surface area contributed by atoms with Crippen molar-refractivity contribution in [2.75, 3.05) is 0 Å². The van der Waals surface area contributed by atoms with Gasteiger partial charge in [0.15, 0.2) is 0 Å². The molecule has 3 N–H and O–H groups in total. The zero-order chi connectivity index (χ0) is 16.1. The number of benzene rings is 2. The largest absolute Gasteiger partial charge is 0.389 e. The number of aromatic nitrogens is 1. The van der Waals surface area contributed by atoms with Gasteiger partial charge in [-0.25, -0.2) is 8.78 Å². The molecule has 0 unspecified atom stereocenters. The van der Waals surface area contributed by atoms with Crippen LogP contribution in [0, 0.1) is 11.6 Å². The lowest BCUT2D eigenvalue weighted by atomic mass is 9.88. The van der Waals surface area contributed by atoms with E-state index in [1.165, 1.54) is 24.3 Å². The van der Waals surface area contributed by atoms with Gasteiger partial charge in [-0.05, 0) is 55.7 Å². The van der Waals surface area contributed by atoms with E-state index in [1.807, 2.05) is 4.57 Å². The van der Waals surface area contributed by atoms with Crippen LogP contribution in [0.5, 0.6) is 0 Å². The van der Waals surface area contributed by atoms with Gasteiger partial charge in [0.25, 0.3) is 0 Å². The number of nitrogens with zero attached hydrogens (tertiary/aromatic N) is 1. The number of nitrogens with two attached hydrogens (primary N) is 1. The summed E-state index contributed by atoms with van der Waals surface area (Å²) >= 11 is 0. The SMILES string of the molecule is N[C@H]1CCC[C@@H](n2c3ccc(F)cc3c3cc(F)ccc32)[C@@H]1O. The third kappa shape index (κ3) is 2.23. The first-order chi connectivity index (χ1) is 11.1. The molecular formula is C18H18F2N2O. The fourth-order valence-corrected chi connectivity index (χ4v) is 3.83. The van der Waals surface area contributed by atoms with Crippen LogP contribution in [0.2, 0.25) is 0 Å². The molecule has 0 saturated heterocycles. The Morgan fingerprint density at radius 1 is 0.957 bits per heavy atom. The van der Waals surface area contributed by atoms with Crippen molar-refractivity contribution in [3.05, 3.63) is 48.0 Å². The molecule has 1 saturated carbocycles. The van der Waals surface area contributed by atoms with Gasteiger partial charge in [0.2, 0.25) is 0 Å². The summed E-state index contributed by atoms with van der Waals surface area (Å²) < 4.78 is 29.4. The minimum Gasteiger partial charge on any atom is -0.389 e. The molecule has 0 bridgehead atoms. The number of aliphatic hydroxyl groups excluding tert-OH is 1. The summed E-state index contributed by atoms with van der Waals surface area (Å²) in [4.78, 5) is 0. The van der Waals surface area contributed by atoms with Gasteiger partial charge in [-0.3, -0.25) is 0 Å². The van der Waals surface area contributed by atoms with E-state index in [4.69, 9.17) is 5.73 Å². The fraction of sp³-hybridized carbons (Fsp3) is 0.333. The molecule has 1 aliphatic carbocycles. The highest BCUT2D eigenvalue weighted by Gasteiger charge is 2.32. The van der Waals surface area contributed by atoms with Crippen molar-refractivity contribution in [2.24, 2.45) is 5.73 Å². The molecule has 0 aliphatic heterocycles. The summed E-state index contributed by atoms with van der Waals surface area (Å²) in [6, 6.07) is 8.54. The average Bonchev–Trinajstić information content (AvgIpc) is 2.83. The van der Waals surface area contributed by atoms with Crippen molar-refractivity contribution in [1.29, 1.82) is 0 Å². The van der Waals surface area contributed by atoms with Crippen LogP contribution in [-0.4, -0.2) is 21.8 Å². The van der Waals surface area contributed by atoms with E-state index < -0.39 is 6.10 Å². The Morgan fingerprint density at radius 2 is 1.52 bits per heavy atom. The lowest BCUT2D eigenvalue weighted by Gasteiger charge is -2.34. The number of rotatable bonds is 1. The first kappa shape index (κ1) is 14.6. The van der Waals surface area contributed by atoms with E-state index in [-0.39, 0.29) is 23.7 Å². The molecule has 5 heteroatoms. The molecule has 3 atom stereocenters. The van der Waals surface area contributed by atoms with Gasteiger partial charge in [-0.15, -0.1) is 0 Å². The maximum absolute atomic E-state index is 13.7. The topological polar surface area (TPSA) is 51.2 Å². The Balaban J connectivity index is 2.04. The maximum atomic E-state index is 13.7. The van der Waals surface area contributed by atoms with Crippen LogP contribution in [0.15, 0.2) is 36.4 Å². The number of hydrogen-bond donors (Lipinski definition) is 2. The third-order valence-electron chi connectivity index (χ3n) is 4.93. The predicted molar refractivity (Wildman–Crippen MR) is 86.2 cm³/mol. The molecular weight excluding hydrogens is 298 g/mol. The molecule has 3 nitrogen and oxygen atoms in total. The van der Waals surface area contributed by atoms with E-state index in [0.717, 1.165) is 30.3 Å². The molecule has 3 aromatic rings. The zero-order valence-electron chi connectivity index (χ0n) is 12.5. The highest BCUT2D eigenvalue weighted by molar-refractivity contribution is 6.08. The third-order valence-corrected chi connectivity index (χ3v) is 4.93. The summed E-state index contributed by atoms with van der Waals surface area (Å²) in [6.45, 7) is 0. The Hall–Kier alpha value is -1.98. The molecule has 2 aromatic carbocycles. The van der Waals surface area contributed by atoms with E-state index in [0.29, 0.717) is 10.8 Å². The first-order valence-electron chi connectivity index (χ1n) is 7.88. The number of fused-ring (bicyclic) bond motifs is 3. The summed E-state index contributed by atoms with van der Waals surface area (Å²) in [7, 11) is 0. The van der Waals surface area contributed by atoms with Crippen molar-refractivity contribution in [1.82, 2.24) is 4.57 Å². The highest BCUT2D eigenvalue weighted by Crippen LogP contribution is 2.38. The Morgan fingerprint density at radius 3 is 2.09 bits per heavy atom. The number of hydrogen-bond acceptors (Lipinski definition) is 2. The van der Waals surface area contributed by atoms with Gasteiger partial charge in [-0.1, -0.05) is 0 Å². The minimum absolute atomic E-state index is 0.185. The molecule has 120 valence electrons. The molecule has 0 spiro atoms. The van der Waals surface area contributed by atoms with Crippen LogP contribution in [0.25, 0.3) is 21.8 Å². The molecule has 1 aliphatic rings. The van der Waals surface area contributed by atoms with Crippen LogP contribution >= 0.6 is 0 Å². The monoisotopic (exact) mass is 316 g/mol. The summed E-state index contributed by atoms with van der Waals surface area (Å²) in [6.07, 6.45) is 1.84. The van der Waals surface area contributed by atoms with E-state index >= 15 is 0 Å². The summed E-state index contributed by atoms with van der Waals surface area (Å²) in [5.41, 5.74) is 7.62. The highest BCUT2D eigenvalue weighted by atomic mass is 19.1. The lowest BCUT2D eigenvalue weighted by Crippen LogP contribution is -2.44. The van der Waals surface area contributed by atoms with Gasteiger partial charge >= 0.3 is 0 Å². The quantitative estimate of drug-likeness (QED) is 0.722. The summed E-state index contributed by atoms with van der Waals surface area (Å²) in [5.74, 6) is -0.719. The standard InChI is InChI=1S/C18H18F2N2O/c19-10-4-6-15-12(8-10)13-9-11(20)5-7-16(13)22(15)17-3-1-2-14(21)18(17)23/h4-9,14,17-18,23H,1-3,21H2/t14-,17+,18+/m0/s1. The normalized spacial score (nSPS) is 25.3. The molecule has 4 rings (SSSR count). The van der Waals surface area contributed by atoms with Gasteiger partial charge < -0.3 is 15.4 Å². The van der Waals surface area contributed by atoms with Gasteiger partial charge in [0.1, 0.15) is 11.6 Å². The second-order valence-electron chi connectivity index (χ2n) is 6.35. The number of aliphatic hydroxyl groups is 1. The Bertz CT molecular complexity index is 830. The summed E-state index contributed by atoms with van der Waals surface area (Å²) in [5, 5.41) is 11.9. The van der Waals surface area contributed by atoms with Gasteiger partial charge in [0.05, 0.1) is 12.1 Å². The predicted octanol–water partition coefficient (Wildman–Crippen LogP) is 3.49. The van der Waals surface area contributed by atoms with E-state index in [9.17, 15) is 13.9 Å². The fourth-order valence-electron chi connectivity index (χ4n) is 3.83. The molecule has 1 aromatic heterocycles. The molecule has 23 heavy (non-hydrogen) atoms. The molecule has 0 amide bonds. The van der Waals surface area contributed by atoms with Crippen molar-refractivity contribution in [2.45, 2.75) is 37.5 Å². The molecule has 0 radical (unpaired) electrons. The lowest BCUT2D eigenvalue weighted by molar-refractivity contribution is 0.0606. The van der Waals surface area contributed by atoms with E-state index in [2.05, 4.69) is 0 Å². The maximum Gasteiger partial charge on any atom is 0.123 e. The van der Waals surface area contributed by atoms with Crippen LogP contribution in [0.4, 0.5) is 8.78 Å². The Labute approximate surface area is 132 Å². The minimum atomic E-state index is -0.669. The average molecular weight is 316 g/mol. The number of halogens is 2. The van der Waals surface area contributed by atoms with Crippen LogP contribution in [0.1, 0.15) is 25.3 Å².